The summed E-state index contributed by atoms with van der Waals surface area (Å²) in [6.07, 6.45) is 4.05. The lowest BCUT2D eigenvalue weighted by Crippen LogP contribution is -2.49. The number of nitrogens with one attached hydrogen (secondary N) is 2. The highest BCUT2D eigenvalue weighted by Crippen LogP contribution is 2.18. The van der Waals surface area contributed by atoms with Crippen molar-refractivity contribution in [1.82, 2.24) is 15.6 Å². The summed E-state index contributed by atoms with van der Waals surface area (Å²) >= 11 is 0. The summed E-state index contributed by atoms with van der Waals surface area (Å²) in [5, 5.41) is 7.04. The number of nitrogens with zero attached hydrogens (tertiary/aromatic N) is 3. The average molecular weight is 380 g/mol. The third-order valence-electron chi connectivity index (χ3n) is 5.29. The molecule has 0 amide bonds. The van der Waals surface area contributed by atoms with Crippen LogP contribution in [-0.2, 0) is 0 Å². The van der Waals surface area contributed by atoms with Gasteiger partial charge in [-0.25, -0.2) is 4.98 Å². The van der Waals surface area contributed by atoms with Gasteiger partial charge in [0.05, 0.1) is 0 Å². The van der Waals surface area contributed by atoms with Gasteiger partial charge in [-0.2, -0.15) is 0 Å². The summed E-state index contributed by atoms with van der Waals surface area (Å²) in [6.45, 7) is 10.2. The highest BCUT2D eigenvalue weighted by atomic mass is 15.2. The van der Waals surface area contributed by atoms with E-state index in [0.29, 0.717) is 12.0 Å². The average Bonchev–Trinajstić information content (AvgIpc) is 2.73. The van der Waals surface area contributed by atoms with E-state index in [1.165, 1.54) is 11.1 Å². The van der Waals surface area contributed by atoms with Crippen LogP contribution in [0.3, 0.4) is 0 Å². The summed E-state index contributed by atoms with van der Waals surface area (Å²) in [6, 6.07) is 15.3. The van der Waals surface area contributed by atoms with Crippen LogP contribution in [0.5, 0.6) is 0 Å². The molecule has 3 rings (SSSR count). The van der Waals surface area contributed by atoms with E-state index in [9.17, 15) is 0 Å². The van der Waals surface area contributed by atoms with Crippen molar-refractivity contribution in [3.8, 4) is 0 Å². The molecule has 2 aromatic rings. The maximum atomic E-state index is 4.86. The van der Waals surface area contributed by atoms with Gasteiger partial charge in [0.1, 0.15) is 5.82 Å². The Morgan fingerprint density at radius 2 is 2.04 bits per heavy atom. The van der Waals surface area contributed by atoms with Gasteiger partial charge < -0.3 is 15.5 Å². The number of rotatable bonds is 6. The summed E-state index contributed by atoms with van der Waals surface area (Å²) in [5.41, 5.74) is 2.65. The second-order valence-corrected chi connectivity index (χ2v) is 7.63. The quantitative estimate of drug-likeness (QED) is 0.593. The minimum atomic E-state index is 0.404. The van der Waals surface area contributed by atoms with Gasteiger partial charge in [-0.05, 0) is 44.4 Å². The van der Waals surface area contributed by atoms with Gasteiger partial charge in [0.2, 0.25) is 0 Å². The largest absolute Gasteiger partial charge is 0.357 e. The molecular formula is C23H33N5. The molecule has 0 saturated carbocycles. The number of anilines is 1. The first-order chi connectivity index (χ1) is 13.7. The van der Waals surface area contributed by atoms with Crippen LogP contribution in [0.25, 0.3) is 0 Å². The zero-order valence-corrected chi connectivity index (χ0v) is 17.4. The number of aliphatic imine (C=N–C) groups is 1. The van der Waals surface area contributed by atoms with Gasteiger partial charge in [0, 0.05) is 44.3 Å². The Kier molecular flexibility index (Phi) is 7.29. The second kappa shape index (κ2) is 10.1. The number of piperidine rings is 1. The first-order valence-electron chi connectivity index (χ1n) is 10.4. The summed E-state index contributed by atoms with van der Waals surface area (Å²) < 4.78 is 0. The standard InChI is InChI=1S/C23H33N5/c1-4-24-23(26-17-19(3)20-9-7-8-18(2)16-20)27-21-11-14-28(15-12-21)22-10-5-6-13-25-22/h5-10,13,16,19,21H,4,11-12,14-15,17H2,1-3H3,(H2,24,26,27). The van der Waals surface area contributed by atoms with Crippen molar-refractivity contribution in [2.45, 2.75) is 45.6 Å². The molecule has 0 spiro atoms. The van der Waals surface area contributed by atoms with Crippen molar-refractivity contribution in [3.05, 3.63) is 59.8 Å². The van der Waals surface area contributed by atoms with Crippen LogP contribution in [0, 0.1) is 6.92 Å². The smallest absolute Gasteiger partial charge is 0.191 e. The van der Waals surface area contributed by atoms with Crippen molar-refractivity contribution >= 4 is 11.8 Å². The van der Waals surface area contributed by atoms with Crippen molar-refractivity contribution in [2.75, 3.05) is 31.1 Å². The molecule has 2 N–H and O–H groups in total. The fourth-order valence-electron chi connectivity index (χ4n) is 3.62. The third-order valence-corrected chi connectivity index (χ3v) is 5.29. The molecule has 5 nitrogen and oxygen atoms in total. The lowest BCUT2D eigenvalue weighted by Gasteiger charge is -2.33. The molecule has 1 aliphatic rings. The number of aromatic nitrogens is 1. The number of benzene rings is 1. The third kappa shape index (κ3) is 5.72. The van der Waals surface area contributed by atoms with Crippen molar-refractivity contribution in [3.63, 3.8) is 0 Å². The summed E-state index contributed by atoms with van der Waals surface area (Å²) in [4.78, 5) is 11.7. The number of guanidine groups is 1. The van der Waals surface area contributed by atoms with E-state index in [2.05, 4.69) is 77.7 Å². The summed E-state index contributed by atoms with van der Waals surface area (Å²) in [5.74, 6) is 2.41. The topological polar surface area (TPSA) is 52.6 Å². The Morgan fingerprint density at radius 1 is 1.21 bits per heavy atom. The highest BCUT2D eigenvalue weighted by Gasteiger charge is 2.20. The maximum absolute atomic E-state index is 4.86. The highest BCUT2D eigenvalue weighted by molar-refractivity contribution is 5.80. The predicted octanol–water partition coefficient (Wildman–Crippen LogP) is 3.72. The SMILES string of the molecule is CCNC(=NCC(C)c1cccc(C)c1)NC1CCN(c2ccccn2)CC1. The van der Waals surface area contributed by atoms with Crippen molar-refractivity contribution in [1.29, 1.82) is 0 Å². The molecule has 0 bridgehead atoms. The van der Waals surface area contributed by atoms with Gasteiger partial charge in [0.15, 0.2) is 5.96 Å². The van der Waals surface area contributed by atoms with Crippen LogP contribution >= 0.6 is 0 Å². The fourth-order valence-corrected chi connectivity index (χ4v) is 3.62. The zero-order chi connectivity index (χ0) is 19.8. The molecule has 1 fully saturated rings. The van der Waals surface area contributed by atoms with E-state index in [1.54, 1.807) is 0 Å². The van der Waals surface area contributed by atoms with Crippen molar-refractivity contribution < 1.29 is 0 Å². The van der Waals surface area contributed by atoms with Crippen LogP contribution in [-0.4, -0.2) is 43.2 Å². The van der Waals surface area contributed by atoms with Crippen LogP contribution in [0.2, 0.25) is 0 Å². The minimum Gasteiger partial charge on any atom is -0.357 e. The lowest BCUT2D eigenvalue weighted by atomic mass is 10.00. The molecule has 1 saturated heterocycles. The van der Waals surface area contributed by atoms with E-state index >= 15 is 0 Å². The van der Waals surface area contributed by atoms with E-state index in [-0.39, 0.29) is 0 Å². The molecule has 28 heavy (non-hydrogen) atoms. The van der Waals surface area contributed by atoms with E-state index in [4.69, 9.17) is 4.99 Å². The van der Waals surface area contributed by atoms with E-state index in [0.717, 1.165) is 50.8 Å². The molecule has 5 heteroatoms. The Hall–Kier alpha value is -2.56. The number of pyridine rings is 1. The van der Waals surface area contributed by atoms with E-state index in [1.807, 2.05) is 12.3 Å². The van der Waals surface area contributed by atoms with Gasteiger partial charge in [0.25, 0.3) is 0 Å². The zero-order valence-electron chi connectivity index (χ0n) is 17.4. The summed E-state index contributed by atoms with van der Waals surface area (Å²) in [7, 11) is 0. The van der Waals surface area contributed by atoms with Gasteiger partial charge in [-0.15, -0.1) is 0 Å². The number of hydrogen-bond donors (Lipinski definition) is 2. The second-order valence-electron chi connectivity index (χ2n) is 7.63. The molecule has 1 unspecified atom stereocenters. The molecule has 1 aromatic heterocycles. The molecule has 0 radical (unpaired) electrons. The van der Waals surface area contributed by atoms with Crippen LogP contribution in [0.1, 0.15) is 43.7 Å². The van der Waals surface area contributed by atoms with Crippen LogP contribution < -0.4 is 15.5 Å². The van der Waals surface area contributed by atoms with Gasteiger partial charge >= 0.3 is 0 Å². The Bertz CT molecular complexity index is 751. The number of hydrogen-bond acceptors (Lipinski definition) is 3. The molecule has 0 aliphatic carbocycles. The Morgan fingerprint density at radius 3 is 2.71 bits per heavy atom. The molecule has 1 aromatic carbocycles. The molecule has 150 valence electrons. The van der Waals surface area contributed by atoms with Gasteiger partial charge in [-0.3, -0.25) is 4.99 Å². The normalized spacial score (nSPS) is 16.7. The maximum Gasteiger partial charge on any atom is 0.191 e. The monoisotopic (exact) mass is 379 g/mol. The fraction of sp³-hybridized carbons (Fsp3) is 0.478. The number of aryl methyl sites for hydroxylation is 1. The Labute approximate surface area is 169 Å². The lowest BCUT2D eigenvalue weighted by molar-refractivity contribution is 0.459. The molecular weight excluding hydrogens is 346 g/mol. The van der Waals surface area contributed by atoms with Crippen LogP contribution in [0.4, 0.5) is 5.82 Å². The Balaban J connectivity index is 1.53. The molecule has 1 aliphatic heterocycles. The van der Waals surface area contributed by atoms with Crippen LogP contribution in [0.15, 0.2) is 53.7 Å². The minimum absolute atomic E-state index is 0.404. The predicted molar refractivity (Wildman–Crippen MR) is 118 cm³/mol. The van der Waals surface area contributed by atoms with E-state index < -0.39 is 0 Å². The first kappa shape index (κ1) is 20.2. The molecule has 1 atom stereocenters. The first-order valence-corrected chi connectivity index (χ1v) is 10.4. The van der Waals surface area contributed by atoms with Gasteiger partial charge in [-0.1, -0.05) is 42.8 Å². The van der Waals surface area contributed by atoms with Crippen molar-refractivity contribution in [2.24, 2.45) is 4.99 Å². The molecule has 2 heterocycles.